The monoisotopic (exact) mass is 217 g/mol. The molecule has 6 heteroatoms. The first-order valence-electron chi connectivity index (χ1n) is 4.42. The molecule has 0 bridgehead atoms. The Labute approximate surface area is 89.8 Å². The Hall–Kier alpha value is -2.39. The highest BCUT2D eigenvalue weighted by Crippen LogP contribution is 2.24. The van der Waals surface area contributed by atoms with E-state index < -0.39 is 12.1 Å². The molecule has 16 heavy (non-hydrogen) atoms. The minimum Gasteiger partial charge on any atom is -0.479 e. The number of benzene rings is 1. The van der Waals surface area contributed by atoms with Crippen LogP contribution in [-0.4, -0.2) is 26.2 Å². The van der Waals surface area contributed by atoms with Gasteiger partial charge in [0, 0.05) is 5.56 Å². The molecule has 0 fully saturated rings. The zero-order valence-corrected chi connectivity index (χ0v) is 8.01. The van der Waals surface area contributed by atoms with Crippen molar-refractivity contribution in [2.75, 3.05) is 0 Å². The fourth-order valence-corrected chi connectivity index (χ4v) is 1.50. The lowest BCUT2D eigenvalue weighted by molar-refractivity contribution is -0.146. The first-order chi connectivity index (χ1) is 7.65. The van der Waals surface area contributed by atoms with E-state index in [4.69, 9.17) is 10.4 Å². The SMILES string of the molecule is N#Cc1c(C(O)C(=O)O)ccc2[nH]cnc12. The maximum absolute atomic E-state index is 10.7. The van der Waals surface area contributed by atoms with Crippen LogP contribution in [0.25, 0.3) is 11.0 Å². The zero-order chi connectivity index (χ0) is 11.7. The maximum Gasteiger partial charge on any atom is 0.337 e. The van der Waals surface area contributed by atoms with Gasteiger partial charge in [0.1, 0.15) is 11.6 Å². The first-order valence-corrected chi connectivity index (χ1v) is 4.42. The quantitative estimate of drug-likeness (QED) is 0.680. The van der Waals surface area contributed by atoms with E-state index in [1.807, 2.05) is 6.07 Å². The number of aliphatic hydroxyl groups excluding tert-OH is 1. The number of nitrogens with zero attached hydrogens (tertiary/aromatic N) is 2. The highest BCUT2D eigenvalue weighted by Gasteiger charge is 2.21. The number of fused-ring (bicyclic) bond motifs is 1. The normalized spacial score (nSPS) is 12.2. The van der Waals surface area contributed by atoms with E-state index in [2.05, 4.69) is 9.97 Å². The Kier molecular flexibility index (Phi) is 2.31. The van der Waals surface area contributed by atoms with Gasteiger partial charge < -0.3 is 15.2 Å². The lowest BCUT2D eigenvalue weighted by Crippen LogP contribution is -2.12. The fourth-order valence-electron chi connectivity index (χ4n) is 1.50. The van der Waals surface area contributed by atoms with Crippen LogP contribution < -0.4 is 0 Å². The third kappa shape index (κ3) is 1.39. The number of H-pyrrole nitrogens is 1. The van der Waals surface area contributed by atoms with E-state index in [-0.39, 0.29) is 11.1 Å². The van der Waals surface area contributed by atoms with Crippen LogP contribution in [0.3, 0.4) is 0 Å². The van der Waals surface area contributed by atoms with Crippen LogP contribution in [0, 0.1) is 11.3 Å². The summed E-state index contributed by atoms with van der Waals surface area (Å²) in [5, 5.41) is 27.1. The van der Waals surface area contributed by atoms with E-state index >= 15 is 0 Å². The molecule has 1 aromatic carbocycles. The molecule has 0 aliphatic carbocycles. The number of aliphatic hydroxyl groups is 1. The van der Waals surface area contributed by atoms with Crippen LogP contribution in [0.1, 0.15) is 17.2 Å². The van der Waals surface area contributed by atoms with Crippen molar-refractivity contribution in [3.8, 4) is 6.07 Å². The number of aliphatic carboxylic acids is 1. The van der Waals surface area contributed by atoms with Crippen LogP contribution in [0.2, 0.25) is 0 Å². The van der Waals surface area contributed by atoms with Gasteiger partial charge in [0.05, 0.1) is 17.4 Å². The van der Waals surface area contributed by atoms with Gasteiger partial charge in [-0.1, -0.05) is 6.07 Å². The van der Waals surface area contributed by atoms with E-state index in [0.717, 1.165) is 0 Å². The number of aromatic amines is 1. The van der Waals surface area contributed by atoms with Gasteiger partial charge in [-0.15, -0.1) is 0 Å². The molecule has 2 rings (SSSR count). The summed E-state index contributed by atoms with van der Waals surface area (Å²) in [5.74, 6) is -1.40. The van der Waals surface area contributed by atoms with Gasteiger partial charge in [0.2, 0.25) is 0 Å². The minimum atomic E-state index is -1.71. The number of rotatable bonds is 2. The summed E-state index contributed by atoms with van der Waals surface area (Å²) in [5.41, 5.74) is 1.11. The van der Waals surface area contributed by atoms with Crippen LogP contribution in [0.15, 0.2) is 18.5 Å². The molecule has 1 atom stereocenters. The number of nitriles is 1. The molecule has 1 unspecified atom stereocenters. The lowest BCUT2D eigenvalue weighted by Gasteiger charge is -2.07. The molecule has 6 nitrogen and oxygen atoms in total. The number of carbonyl (C=O) groups is 1. The Morgan fingerprint density at radius 3 is 2.94 bits per heavy atom. The van der Waals surface area contributed by atoms with Crippen molar-refractivity contribution in [3.05, 3.63) is 29.6 Å². The van der Waals surface area contributed by atoms with Crippen molar-refractivity contribution >= 4 is 17.0 Å². The van der Waals surface area contributed by atoms with Crippen molar-refractivity contribution in [1.29, 1.82) is 5.26 Å². The third-order valence-corrected chi connectivity index (χ3v) is 2.26. The Morgan fingerprint density at radius 2 is 2.31 bits per heavy atom. The number of aromatic nitrogens is 2. The topological polar surface area (TPSA) is 110 Å². The largest absolute Gasteiger partial charge is 0.479 e. The van der Waals surface area contributed by atoms with E-state index in [1.165, 1.54) is 12.4 Å². The van der Waals surface area contributed by atoms with Crippen molar-refractivity contribution < 1.29 is 15.0 Å². The molecule has 2 aromatic rings. The second kappa shape index (κ2) is 3.64. The summed E-state index contributed by atoms with van der Waals surface area (Å²) in [7, 11) is 0. The summed E-state index contributed by atoms with van der Waals surface area (Å²) in [6.07, 6.45) is -0.307. The zero-order valence-electron chi connectivity index (χ0n) is 8.01. The molecule has 0 saturated carbocycles. The fraction of sp³-hybridized carbons (Fsp3) is 0.100. The van der Waals surface area contributed by atoms with E-state index in [9.17, 15) is 9.90 Å². The van der Waals surface area contributed by atoms with Crippen LogP contribution in [0.5, 0.6) is 0 Å². The molecule has 0 radical (unpaired) electrons. The molecular weight excluding hydrogens is 210 g/mol. The minimum absolute atomic E-state index is 0.0506. The Morgan fingerprint density at radius 1 is 1.56 bits per heavy atom. The van der Waals surface area contributed by atoms with Gasteiger partial charge in [-0.3, -0.25) is 0 Å². The molecule has 3 N–H and O–H groups in total. The second-order valence-corrected chi connectivity index (χ2v) is 3.18. The van der Waals surface area contributed by atoms with Gasteiger partial charge in [0.25, 0.3) is 0 Å². The van der Waals surface area contributed by atoms with Crippen molar-refractivity contribution in [1.82, 2.24) is 9.97 Å². The molecule has 0 saturated heterocycles. The number of carboxylic acids is 1. The van der Waals surface area contributed by atoms with E-state index in [0.29, 0.717) is 11.0 Å². The predicted molar refractivity (Wildman–Crippen MR) is 53.4 cm³/mol. The molecular formula is C10H7N3O3. The third-order valence-electron chi connectivity index (χ3n) is 2.26. The smallest absolute Gasteiger partial charge is 0.337 e. The van der Waals surface area contributed by atoms with Crippen LogP contribution >= 0.6 is 0 Å². The van der Waals surface area contributed by atoms with Gasteiger partial charge in [-0.25, -0.2) is 9.78 Å². The molecule has 0 spiro atoms. The van der Waals surface area contributed by atoms with Gasteiger partial charge >= 0.3 is 5.97 Å². The van der Waals surface area contributed by atoms with Crippen LogP contribution in [0.4, 0.5) is 0 Å². The number of hydrogen-bond acceptors (Lipinski definition) is 4. The second-order valence-electron chi connectivity index (χ2n) is 3.18. The molecule has 80 valence electrons. The molecule has 0 amide bonds. The average molecular weight is 217 g/mol. The highest BCUT2D eigenvalue weighted by atomic mass is 16.4. The Balaban J connectivity index is 2.71. The average Bonchev–Trinajstić information content (AvgIpc) is 2.74. The molecule has 1 aromatic heterocycles. The van der Waals surface area contributed by atoms with Crippen LogP contribution in [-0.2, 0) is 4.79 Å². The van der Waals surface area contributed by atoms with Crippen molar-refractivity contribution in [3.63, 3.8) is 0 Å². The van der Waals surface area contributed by atoms with Gasteiger partial charge in [0.15, 0.2) is 6.10 Å². The number of nitrogens with one attached hydrogen (secondary N) is 1. The number of carboxylic acid groups (broad SMARTS) is 1. The Bertz CT molecular complexity index is 597. The molecule has 1 heterocycles. The first kappa shape index (κ1) is 10.1. The standard InChI is InChI=1S/C10H7N3O3/c11-3-6-5(9(14)10(15)16)1-2-7-8(6)13-4-12-7/h1-2,4,9,14H,(H,12,13)(H,15,16). The van der Waals surface area contributed by atoms with Gasteiger partial charge in [-0.2, -0.15) is 5.26 Å². The number of imidazole rings is 1. The summed E-state index contributed by atoms with van der Waals surface area (Å²) < 4.78 is 0. The summed E-state index contributed by atoms with van der Waals surface area (Å²) >= 11 is 0. The summed E-state index contributed by atoms with van der Waals surface area (Å²) in [6, 6.07) is 4.83. The molecule has 0 aliphatic rings. The van der Waals surface area contributed by atoms with E-state index in [1.54, 1.807) is 6.07 Å². The summed E-state index contributed by atoms with van der Waals surface area (Å²) in [6.45, 7) is 0. The summed E-state index contributed by atoms with van der Waals surface area (Å²) in [4.78, 5) is 17.4. The lowest BCUT2D eigenvalue weighted by atomic mass is 10.0. The van der Waals surface area contributed by atoms with Crippen molar-refractivity contribution in [2.24, 2.45) is 0 Å². The predicted octanol–water partition coefficient (Wildman–Crippen LogP) is 0.553. The molecule has 0 aliphatic heterocycles. The van der Waals surface area contributed by atoms with Gasteiger partial charge in [-0.05, 0) is 6.07 Å². The maximum atomic E-state index is 10.7. The van der Waals surface area contributed by atoms with Crippen molar-refractivity contribution in [2.45, 2.75) is 6.10 Å². The highest BCUT2D eigenvalue weighted by molar-refractivity contribution is 5.85. The number of hydrogen-bond donors (Lipinski definition) is 3.